The van der Waals surface area contributed by atoms with Gasteiger partial charge in [-0.05, 0) is 67.4 Å². The molecule has 0 aromatic heterocycles. The fourth-order valence-electron chi connectivity index (χ4n) is 3.86. The minimum atomic E-state index is -1.06. The smallest absolute Gasteiger partial charge is 0.338 e. The van der Waals surface area contributed by atoms with E-state index in [1.54, 1.807) is 36.1 Å². The highest BCUT2D eigenvalue weighted by molar-refractivity contribution is 8.15. The average molecular weight is 546 g/mol. The number of carboxylic acids is 1. The number of rotatable bonds is 9. The Labute approximate surface area is 229 Å². The Morgan fingerprint density at radius 1 is 1.00 bits per heavy atom. The van der Waals surface area contributed by atoms with Crippen molar-refractivity contribution in [3.8, 4) is 0 Å². The summed E-state index contributed by atoms with van der Waals surface area (Å²) in [4.78, 5) is 55.7. The van der Waals surface area contributed by atoms with Crippen LogP contribution in [0.15, 0.2) is 83.9 Å². The molecule has 1 aliphatic heterocycles. The standard InChI is InChI=1S/C29H27N3O6S/c1-2-38-28(37)21-10-14-23(15-11-21)31-29-32(17-16-19-6-4-3-5-7-19)25(33)18-24(39-29)26(34)30-22-12-8-20(9-13-22)27(35)36/h3-15,24H,2,16-18H2,1H3,(H,30,34)(H,35,36). The lowest BCUT2D eigenvalue weighted by Gasteiger charge is -2.32. The molecular formula is C29H27N3O6S. The number of carbonyl (C=O) groups excluding carboxylic acids is 3. The highest BCUT2D eigenvalue weighted by Gasteiger charge is 2.35. The first-order valence-corrected chi connectivity index (χ1v) is 13.2. The number of nitrogens with zero attached hydrogens (tertiary/aromatic N) is 2. The number of amidine groups is 1. The SMILES string of the molecule is CCOC(=O)c1ccc(N=C2SC(C(=O)Nc3ccc(C(=O)O)cc3)CC(=O)N2CCc2ccccc2)cc1. The molecule has 2 N–H and O–H groups in total. The van der Waals surface area contributed by atoms with E-state index in [0.29, 0.717) is 35.1 Å². The first-order valence-electron chi connectivity index (χ1n) is 12.3. The zero-order valence-corrected chi connectivity index (χ0v) is 22.0. The summed E-state index contributed by atoms with van der Waals surface area (Å²) in [5.74, 6) is -2.11. The molecule has 3 aromatic carbocycles. The predicted molar refractivity (Wildman–Crippen MR) is 149 cm³/mol. The van der Waals surface area contributed by atoms with Crippen LogP contribution >= 0.6 is 11.8 Å². The van der Waals surface area contributed by atoms with Crippen molar-refractivity contribution in [3.05, 3.63) is 95.6 Å². The maximum absolute atomic E-state index is 13.2. The second-order valence-corrected chi connectivity index (χ2v) is 9.79. The highest BCUT2D eigenvalue weighted by Crippen LogP contribution is 2.30. The van der Waals surface area contributed by atoms with Gasteiger partial charge in [0.2, 0.25) is 11.8 Å². The summed E-state index contributed by atoms with van der Waals surface area (Å²) in [6.07, 6.45) is 0.597. The van der Waals surface area contributed by atoms with Gasteiger partial charge in [-0.3, -0.25) is 14.5 Å². The number of aliphatic imine (C=N–C) groups is 1. The molecule has 0 bridgehead atoms. The zero-order valence-electron chi connectivity index (χ0n) is 21.2. The summed E-state index contributed by atoms with van der Waals surface area (Å²) in [7, 11) is 0. The molecule has 2 amide bonds. The molecule has 4 rings (SSSR count). The third kappa shape index (κ3) is 7.32. The zero-order chi connectivity index (χ0) is 27.8. The topological polar surface area (TPSA) is 125 Å². The number of hydrogen-bond acceptors (Lipinski definition) is 7. The molecule has 3 aromatic rings. The molecule has 1 aliphatic rings. The summed E-state index contributed by atoms with van der Waals surface area (Å²) in [5.41, 5.74) is 2.51. The Morgan fingerprint density at radius 2 is 1.67 bits per heavy atom. The Kier molecular flexibility index (Phi) is 9.11. The van der Waals surface area contributed by atoms with Crippen molar-refractivity contribution in [2.75, 3.05) is 18.5 Å². The van der Waals surface area contributed by atoms with Crippen LogP contribution in [-0.4, -0.2) is 57.3 Å². The minimum absolute atomic E-state index is 0.0146. The van der Waals surface area contributed by atoms with Crippen LogP contribution in [0.2, 0.25) is 0 Å². The lowest BCUT2D eigenvalue weighted by Crippen LogP contribution is -2.46. The lowest BCUT2D eigenvalue weighted by atomic mass is 10.1. The van der Waals surface area contributed by atoms with Gasteiger partial charge in [0.25, 0.3) is 0 Å². The van der Waals surface area contributed by atoms with Gasteiger partial charge in [-0.15, -0.1) is 0 Å². The number of benzene rings is 3. The third-order valence-electron chi connectivity index (χ3n) is 5.90. The molecule has 0 aliphatic carbocycles. The van der Waals surface area contributed by atoms with Crippen LogP contribution in [0.25, 0.3) is 0 Å². The first-order chi connectivity index (χ1) is 18.8. The molecular weight excluding hydrogens is 518 g/mol. The number of esters is 1. The number of carboxylic acid groups (broad SMARTS) is 1. The van der Waals surface area contributed by atoms with Crippen molar-refractivity contribution in [3.63, 3.8) is 0 Å². The minimum Gasteiger partial charge on any atom is -0.478 e. The number of anilines is 1. The number of amides is 2. The molecule has 0 spiro atoms. The largest absolute Gasteiger partial charge is 0.478 e. The molecule has 1 unspecified atom stereocenters. The van der Waals surface area contributed by atoms with E-state index in [9.17, 15) is 19.2 Å². The summed E-state index contributed by atoms with van der Waals surface area (Å²) in [6.45, 7) is 2.39. The van der Waals surface area contributed by atoms with Gasteiger partial charge in [-0.2, -0.15) is 0 Å². The quantitative estimate of drug-likeness (QED) is 0.371. The highest BCUT2D eigenvalue weighted by atomic mass is 32.2. The summed E-state index contributed by atoms with van der Waals surface area (Å²) in [5, 5.41) is 11.5. The Balaban J connectivity index is 1.54. The molecule has 39 heavy (non-hydrogen) atoms. The molecule has 0 saturated carbocycles. The van der Waals surface area contributed by atoms with E-state index in [2.05, 4.69) is 10.3 Å². The normalized spacial score (nSPS) is 16.1. The van der Waals surface area contributed by atoms with Gasteiger partial charge in [-0.25, -0.2) is 14.6 Å². The van der Waals surface area contributed by atoms with Gasteiger partial charge in [0.1, 0.15) is 5.25 Å². The van der Waals surface area contributed by atoms with Gasteiger partial charge in [0.15, 0.2) is 5.17 Å². The van der Waals surface area contributed by atoms with Gasteiger partial charge < -0.3 is 15.2 Å². The summed E-state index contributed by atoms with van der Waals surface area (Å²) in [6, 6.07) is 22.1. The Bertz CT molecular complexity index is 1370. The summed E-state index contributed by atoms with van der Waals surface area (Å²) < 4.78 is 5.03. The second-order valence-electron chi connectivity index (χ2n) is 8.63. The van der Waals surface area contributed by atoms with Crippen LogP contribution in [0.4, 0.5) is 11.4 Å². The van der Waals surface area contributed by atoms with E-state index in [-0.39, 0.29) is 30.4 Å². The first kappa shape index (κ1) is 27.6. The van der Waals surface area contributed by atoms with Gasteiger partial charge >= 0.3 is 11.9 Å². The fraction of sp³-hybridized carbons (Fsp3) is 0.207. The molecule has 1 fully saturated rings. The Morgan fingerprint density at radius 3 is 2.31 bits per heavy atom. The second kappa shape index (κ2) is 12.9. The van der Waals surface area contributed by atoms with Crippen LogP contribution in [0.1, 0.15) is 39.6 Å². The van der Waals surface area contributed by atoms with Crippen molar-refractivity contribution in [1.82, 2.24) is 4.90 Å². The van der Waals surface area contributed by atoms with Gasteiger partial charge in [0.05, 0.1) is 23.4 Å². The molecule has 1 heterocycles. The van der Waals surface area contributed by atoms with Crippen LogP contribution in [-0.2, 0) is 20.7 Å². The molecule has 9 nitrogen and oxygen atoms in total. The van der Waals surface area contributed by atoms with E-state index in [1.807, 2.05) is 30.3 Å². The van der Waals surface area contributed by atoms with Crippen LogP contribution in [0, 0.1) is 0 Å². The Hall–Kier alpha value is -4.44. The molecule has 1 saturated heterocycles. The number of carbonyl (C=O) groups is 4. The number of aromatic carboxylic acids is 1. The van der Waals surface area contributed by atoms with Crippen LogP contribution in [0.3, 0.4) is 0 Å². The number of hydrogen-bond donors (Lipinski definition) is 2. The fourth-order valence-corrected chi connectivity index (χ4v) is 4.99. The number of nitrogens with one attached hydrogen (secondary N) is 1. The van der Waals surface area contributed by atoms with E-state index in [0.717, 1.165) is 5.56 Å². The summed E-state index contributed by atoms with van der Waals surface area (Å²) >= 11 is 1.18. The number of ether oxygens (including phenoxy) is 1. The number of thioether (sulfide) groups is 1. The third-order valence-corrected chi connectivity index (χ3v) is 7.09. The van der Waals surface area contributed by atoms with Crippen molar-refractivity contribution in [2.24, 2.45) is 4.99 Å². The van der Waals surface area contributed by atoms with E-state index in [1.165, 1.54) is 36.0 Å². The van der Waals surface area contributed by atoms with Crippen molar-refractivity contribution < 1.29 is 29.0 Å². The maximum atomic E-state index is 13.2. The van der Waals surface area contributed by atoms with Gasteiger partial charge in [0, 0.05) is 18.7 Å². The molecule has 10 heteroatoms. The predicted octanol–water partition coefficient (Wildman–Crippen LogP) is 4.76. The molecule has 0 radical (unpaired) electrons. The van der Waals surface area contributed by atoms with E-state index >= 15 is 0 Å². The lowest BCUT2D eigenvalue weighted by molar-refractivity contribution is -0.129. The van der Waals surface area contributed by atoms with Crippen molar-refractivity contribution in [1.29, 1.82) is 0 Å². The van der Waals surface area contributed by atoms with Crippen molar-refractivity contribution in [2.45, 2.75) is 25.0 Å². The van der Waals surface area contributed by atoms with Crippen LogP contribution < -0.4 is 5.32 Å². The monoisotopic (exact) mass is 545 g/mol. The van der Waals surface area contributed by atoms with Gasteiger partial charge in [-0.1, -0.05) is 42.1 Å². The molecule has 1 atom stereocenters. The maximum Gasteiger partial charge on any atom is 0.338 e. The van der Waals surface area contributed by atoms with E-state index < -0.39 is 17.2 Å². The van der Waals surface area contributed by atoms with Crippen LogP contribution in [0.5, 0.6) is 0 Å². The van der Waals surface area contributed by atoms with E-state index in [4.69, 9.17) is 9.84 Å². The molecule has 200 valence electrons. The van der Waals surface area contributed by atoms with Crippen molar-refractivity contribution >= 4 is 52.1 Å². The average Bonchev–Trinajstić information content (AvgIpc) is 2.94.